The average molecular weight is 299 g/mol. The highest BCUT2D eigenvalue weighted by molar-refractivity contribution is 9.09. The number of hydrogen-bond acceptors (Lipinski definition) is 2. The van der Waals surface area contributed by atoms with Crippen molar-refractivity contribution in [2.45, 2.75) is 6.42 Å². The van der Waals surface area contributed by atoms with Crippen LogP contribution in [0.4, 0.5) is 0 Å². The largest absolute Gasteiger partial charge is 0.144 e. The van der Waals surface area contributed by atoms with Gasteiger partial charge >= 0.3 is 0 Å². The fraction of sp³-hybridized carbons (Fsp3) is 0.167. The molecule has 78 valence electrons. The molecule has 0 amide bonds. The molecule has 0 N–H and O–H groups in total. The molecule has 2 heterocycles. The lowest BCUT2D eigenvalue weighted by Gasteiger charge is -2.01. The Morgan fingerprint density at radius 2 is 1.73 bits per heavy atom. The van der Waals surface area contributed by atoms with Gasteiger partial charge in [-0.25, -0.2) is 0 Å². The smallest absolute Gasteiger partial charge is 0.0353 e. The molecule has 0 aromatic carbocycles. The second-order valence-electron chi connectivity index (χ2n) is 3.05. The molecule has 0 aliphatic rings. The maximum atomic E-state index is 3.47. The summed E-state index contributed by atoms with van der Waals surface area (Å²) >= 11 is 7.07. The van der Waals surface area contributed by atoms with Crippen molar-refractivity contribution in [2.75, 3.05) is 5.33 Å². The third kappa shape index (κ3) is 2.80. The summed E-state index contributed by atoms with van der Waals surface area (Å²) in [5.74, 6) is 0. The van der Waals surface area contributed by atoms with Crippen molar-refractivity contribution >= 4 is 44.2 Å². The van der Waals surface area contributed by atoms with Gasteiger partial charge in [0.25, 0.3) is 0 Å². The van der Waals surface area contributed by atoms with Crippen LogP contribution in [0, 0.1) is 0 Å². The van der Waals surface area contributed by atoms with Crippen molar-refractivity contribution in [3.05, 3.63) is 50.9 Å². The third-order valence-electron chi connectivity index (χ3n) is 2.03. The lowest BCUT2D eigenvalue weighted by Crippen LogP contribution is -1.80. The first kappa shape index (κ1) is 11.1. The van der Waals surface area contributed by atoms with Gasteiger partial charge in [0.05, 0.1) is 0 Å². The van der Waals surface area contributed by atoms with Crippen LogP contribution < -0.4 is 0 Å². The van der Waals surface area contributed by atoms with Crippen molar-refractivity contribution in [2.24, 2.45) is 0 Å². The predicted molar refractivity (Wildman–Crippen MR) is 74.1 cm³/mol. The van der Waals surface area contributed by atoms with Crippen LogP contribution in [-0.2, 0) is 0 Å². The van der Waals surface area contributed by atoms with Crippen LogP contribution in [0.5, 0.6) is 0 Å². The van der Waals surface area contributed by atoms with E-state index in [1.807, 2.05) is 0 Å². The summed E-state index contributed by atoms with van der Waals surface area (Å²) in [6, 6.07) is 8.58. The van der Waals surface area contributed by atoms with Crippen molar-refractivity contribution in [1.29, 1.82) is 0 Å². The van der Waals surface area contributed by atoms with E-state index in [2.05, 4.69) is 57.0 Å². The molecule has 0 saturated carbocycles. The number of hydrogen-bond donors (Lipinski definition) is 0. The maximum absolute atomic E-state index is 3.47. The Kier molecular flexibility index (Phi) is 4.18. The van der Waals surface area contributed by atoms with E-state index < -0.39 is 0 Å². The molecule has 0 saturated heterocycles. The summed E-state index contributed by atoms with van der Waals surface area (Å²) < 4.78 is 0. The molecule has 0 nitrogen and oxygen atoms in total. The molecule has 2 rings (SSSR count). The van der Waals surface area contributed by atoms with E-state index in [-0.39, 0.29) is 0 Å². The molecule has 0 atom stereocenters. The Hall–Kier alpha value is -0.380. The summed E-state index contributed by atoms with van der Waals surface area (Å²) in [5, 5.41) is 5.28. The van der Waals surface area contributed by atoms with E-state index in [4.69, 9.17) is 0 Å². The number of thiophene rings is 2. The van der Waals surface area contributed by atoms with Gasteiger partial charge in [-0.2, -0.15) is 0 Å². The fourth-order valence-corrected chi connectivity index (χ4v) is 3.24. The van der Waals surface area contributed by atoms with Crippen LogP contribution in [0.25, 0.3) is 5.57 Å². The lowest BCUT2D eigenvalue weighted by atomic mass is 10.1. The first-order chi connectivity index (χ1) is 7.42. The molecule has 0 aliphatic carbocycles. The number of alkyl halides is 1. The zero-order valence-electron chi connectivity index (χ0n) is 8.15. The van der Waals surface area contributed by atoms with Crippen molar-refractivity contribution in [3.63, 3.8) is 0 Å². The molecule has 3 heteroatoms. The van der Waals surface area contributed by atoms with Gasteiger partial charge in [0.1, 0.15) is 0 Å². The highest BCUT2D eigenvalue weighted by atomic mass is 79.9. The predicted octanol–water partition coefficient (Wildman–Crippen LogP) is 5.03. The summed E-state index contributed by atoms with van der Waals surface area (Å²) in [6.07, 6.45) is 3.39. The summed E-state index contributed by atoms with van der Waals surface area (Å²) in [4.78, 5) is 2.72. The normalized spacial score (nSPS) is 10.2. The van der Waals surface area contributed by atoms with Crippen LogP contribution in [0.1, 0.15) is 16.2 Å². The zero-order valence-corrected chi connectivity index (χ0v) is 11.4. The fourth-order valence-electron chi connectivity index (χ4n) is 1.39. The minimum atomic E-state index is 1.02. The molecule has 0 aliphatic heterocycles. The zero-order chi connectivity index (χ0) is 10.5. The molecule has 15 heavy (non-hydrogen) atoms. The Morgan fingerprint density at radius 1 is 1.13 bits per heavy atom. The van der Waals surface area contributed by atoms with Gasteiger partial charge in [0, 0.05) is 20.7 Å². The third-order valence-corrected chi connectivity index (χ3v) is 4.29. The number of rotatable bonds is 4. The van der Waals surface area contributed by atoms with Gasteiger partial charge < -0.3 is 0 Å². The summed E-state index contributed by atoms with van der Waals surface area (Å²) in [6.45, 7) is 0. The Bertz CT molecular complexity index is 376. The Balaban J connectivity index is 2.33. The molecule has 0 fully saturated rings. The first-order valence-corrected chi connectivity index (χ1v) is 7.64. The van der Waals surface area contributed by atoms with E-state index in [9.17, 15) is 0 Å². The second kappa shape index (κ2) is 5.64. The first-order valence-electron chi connectivity index (χ1n) is 4.75. The second-order valence-corrected chi connectivity index (χ2v) is 5.74. The highest BCUT2D eigenvalue weighted by Crippen LogP contribution is 2.30. The van der Waals surface area contributed by atoms with Gasteiger partial charge in [-0.05, 0) is 29.3 Å². The molecule has 0 spiro atoms. The number of halogens is 1. The maximum Gasteiger partial charge on any atom is 0.0353 e. The van der Waals surface area contributed by atoms with Crippen LogP contribution >= 0.6 is 38.6 Å². The van der Waals surface area contributed by atoms with Gasteiger partial charge in [-0.3, -0.25) is 0 Å². The molecular formula is C12H11BrS2. The van der Waals surface area contributed by atoms with Crippen molar-refractivity contribution < 1.29 is 0 Å². The lowest BCUT2D eigenvalue weighted by molar-refractivity contribution is 1.26. The summed E-state index contributed by atoms with van der Waals surface area (Å²) in [7, 11) is 0. The van der Waals surface area contributed by atoms with E-state index in [0.717, 1.165) is 11.8 Å². The van der Waals surface area contributed by atoms with Crippen LogP contribution in [0.2, 0.25) is 0 Å². The molecule has 2 aromatic rings. The minimum Gasteiger partial charge on any atom is -0.144 e. The monoisotopic (exact) mass is 298 g/mol. The van der Waals surface area contributed by atoms with Crippen LogP contribution in [0.15, 0.2) is 41.1 Å². The molecule has 0 unspecified atom stereocenters. The molecule has 0 bridgehead atoms. The molecule has 0 radical (unpaired) electrons. The van der Waals surface area contributed by atoms with Gasteiger partial charge in [0.15, 0.2) is 0 Å². The van der Waals surface area contributed by atoms with E-state index >= 15 is 0 Å². The van der Waals surface area contributed by atoms with Crippen molar-refractivity contribution in [3.8, 4) is 0 Å². The van der Waals surface area contributed by atoms with Gasteiger partial charge in [-0.1, -0.05) is 34.1 Å². The Labute approximate surface area is 106 Å². The van der Waals surface area contributed by atoms with Crippen LogP contribution in [-0.4, -0.2) is 5.33 Å². The van der Waals surface area contributed by atoms with E-state index in [1.165, 1.54) is 15.3 Å². The quantitative estimate of drug-likeness (QED) is 0.695. The molecular weight excluding hydrogens is 288 g/mol. The highest BCUT2D eigenvalue weighted by Gasteiger charge is 2.05. The minimum absolute atomic E-state index is 1.02. The average Bonchev–Trinajstić information content (AvgIpc) is 2.90. The van der Waals surface area contributed by atoms with Gasteiger partial charge in [0.2, 0.25) is 0 Å². The van der Waals surface area contributed by atoms with Crippen LogP contribution in [0.3, 0.4) is 0 Å². The van der Waals surface area contributed by atoms with E-state index in [1.54, 1.807) is 22.7 Å². The van der Waals surface area contributed by atoms with Crippen molar-refractivity contribution in [1.82, 2.24) is 0 Å². The van der Waals surface area contributed by atoms with E-state index in [0.29, 0.717) is 0 Å². The number of allylic oxidation sites excluding steroid dienone is 1. The SMILES string of the molecule is BrCCC=C(c1cccs1)c1cccs1. The van der Waals surface area contributed by atoms with Gasteiger partial charge in [-0.15, -0.1) is 22.7 Å². The molecule has 2 aromatic heterocycles. The Morgan fingerprint density at radius 3 is 2.13 bits per heavy atom. The standard InChI is InChI=1S/C12H11BrS2/c13-7-1-4-10(11-5-2-8-14-11)12-6-3-9-15-12/h2-6,8-9H,1,7H2. The topological polar surface area (TPSA) is 0 Å². The summed E-state index contributed by atoms with van der Waals surface area (Å²) in [5.41, 5.74) is 1.37.